The zero-order valence-electron chi connectivity index (χ0n) is 24.1. The van der Waals surface area contributed by atoms with Gasteiger partial charge in [0.25, 0.3) is 0 Å². The molecule has 1 aromatic heterocycles. The van der Waals surface area contributed by atoms with E-state index >= 15 is 0 Å². The zero-order valence-corrected chi connectivity index (χ0v) is 24.1. The summed E-state index contributed by atoms with van der Waals surface area (Å²) in [5.41, 5.74) is 10.3. The molecule has 3 nitrogen and oxygen atoms in total. The smallest absolute Gasteiger partial charge is 0.164 e. The molecule has 0 fully saturated rings. The molecule has 8 rings (SSSR count). The summed E-state index contributed by atoms with van der Waals surface area (Å²) in [4.78, 5) is 15.1. The van der Waals surface area contributed by atoms with Crippen molar-refractivity contribution in [1.29, 1.82) is 0 Å². The zero-order chi connectivity index (χ0) is 29.0. The third-order valence-electron chi connectivity index (χ3n) is 8.70. The Morgan fingerprint density at radius 1 is 0.442 bits per heavy atom. The maximum absolute atomic E-state index is 5.08. The number of aromatic nitrogens is 3. The molecular weight excluding hydrogens is 522 g/mol. The molecule has 0 N–H and O–H groups in total. The quantitative estimate of drug-likeness (QED) is 0.218. The molecule has 0 bridgehead atoms. The molecule has 1 heterocycles. The van der Waals surface area contributed by atoms with Gasteiger partial charge in [-0.15, -0.1) is 0 Å². The van der Waals surface area contributed by atoms with E-state index in [1.807, 2.05) is 36.4 Å². The second kappa shape index (κ2) is 9.85. The number of benzene rings is 6. The van der Waals surface area contributed by atoms with E-state index in [0.717, 1.165) is 16.7 Å². The third kappa shape index (κ3) is 4.16. The van der Waals surface area contributed by atoms with Crippen LogP contribution < -0.4 is 0 Å². The second-order valence-corrected chi connectivity index (χ2v) is 11.7. The van der Waals surface area contributed by atoms with Gasteiger partial charge in [0.15, 0.2) is 17.5 Å². The van der Waals surface area contributed by atoms with Crippen LogP contribution >= 0.6 is 0 Å². The van der Waals surface area contributed by atoms with Crippen molar-refractivity contribution in [1.82, 2.24) is 15.0 Å². The fourth-order valence-electron chi connectivity index (χ4n) is 6.64. The largest absolute Gasteiger partial charge is 0.208 e. The van der Waals surface area contributed by atoms with E-state index in [0.29, 0.717) is 17.5 Å². The first-order chi connectivity index (χ1) is 21.1. The van der Waals surface area contributed by atoms with E-state index in [2.05, 4.69) is 117 Å². The first-order valence-corrected chi connectivity index (χ1v) is 14.7. The molecule has 0 aliphatic heterocycles. The van der Waals surface area contributed by atoms with Crippen molar-refractivity contribution in [2.45, 2.75) is 19.3 Å². The molecule has 204 valence electrons. The van der Waals surface area contributed by atoms with Crippen LogP contribution in [0.3, 0.4) is 0 Å². The van der Waals surface area contributed by atoms with Gasteiger partial charge in [-0.2, -0.15) is 0 Å². The van der Waals surface area contributed by atoms with E-state index in [1.165, 1.54) is 44.2 Å². The summed E-state index contributed by atoms with van der Waals surface area (Å²) in [5.74, 6) is 2.03. The number of hydrogen-bond donors (Lipinski definition) is 0. The third-order valence-corrected chi connectivity index (χ3v) is 8.70. The van der Waals surface area contributed by atoms with Gasteiger partial charge in [0, 0.05) is 22.1 Å². The molecule has 43 heavy (non-hydrogen) atoms. The lowest BCUT2D eigenvalue weighted by molar-refractivity contribution is 0.666. The van der Waals surface area contributed by atoms with Crippen LogP contribution in [0.25, 0.3) is 67.2 Å². The minimum absolute atomic E-state index is 0.188. The lowest BCUT2D eigenvalue weighted by Gasteiger charge is -2.23. The molecular formula is C40H29N3. The fraction of sp³-hybridized carbons (Fsp3) is 0.0750. The molecule has 1 aliphatic carbocycles. The molecule has 0 saturated heterocycles. The van der Waals surface area contributed by atoms with Crippen molar-refractivity contribution >= 4 is 10.8 Å². The first-order valence-electron chi connectivity index (χ1n) is 14.7. The van der Waals surface area contributed by atoms with Gasteiger partial charge in [-0.3, -0.25) is 0 Å². The summed E-state index contributed by atoms with van der Waals surface area (Å²) >= 11 is 0. The Bertz CT molecular complexity index is 2080. The van der Waals surface area contributed by atoms with Gasteiger partial charge in [-0.1, -0.05) is 147 Å². The monoisotopic (exact) mass is 551 g/mol. The van der Waals surface area contributed by atoms with Gasteiger partial charge in [0.05, 0.1) is 0 Å². The van der Waals surface area contributed by atoms with E-state index in [-0.39, 0.29) is 5.41 Å². The van der Waals surface area contributed by atoms with Crippen LogP contribution in [0, 0.1) is 0 Å². The van der Waals surface area contributed by atoms with E-state index in [9.17, 15) is 0 Å². The molecule has 0 unspecified atom stereocenters. The molecule has 0 saturated carbocycles. The van der Waals surface area contributed by atoms with E-state index in [1.54, 1.807) is 0 Å². The van der Waals surface area contributed by atoms with Gasteiger partial charge in [0.2, 0.25) is 0 Å². The predicted molar refractivity (Wildman–Crippen MR) is 177 cm³/mol. The van der Waals surface area contributed by atoms with Crippen molar-refractivity contribution < 1.29 is 0 Å². The van der Waals surface area contributed by atoms with Crippen LogP contribution in [0.4, 0.5) is 0 Å². The predicted octanol–water partition coefficient (Wildman–Crippen LogP) is 10.00. The topological polar surface area (TPSA) is 38.7 Å². The standard InChI is InChI=1S/C40H29N3/c1-40(2)34-20-12-19-33(39-42-37(27-15-8-4-9-16-27)41-38(43-39)28-17-10-5-11-18-28)35(34)32-24-22-30-25-29(21-23-31(30)36(32)40)26-13-6-3-7-14-26/h3-25H,1-2H3. The highest BCUT2D eigenvalue weighted by Crippen LogP contribution is 2.54. The summed E-state index contributed by atoms with van der Waals surface area (Å²) in [6.45, 7) is 4.67. The van der Waals surface area contributed by atoms with E-state index < -0.39 is 0 Å². The summed E-state index contributed by atoms with van der Waals surface area (Å²) in [7, 11) is 0. The van der Waals surface area contributed by atoms with Gasteiger partial charge in [-0.05, 0) is 50.2 Å². The highest BCUT2D eigenvalue weighted by atomic mass is 15.0. The lowest BCUT2D eigenvalue weighted by atomic mass is 9.80. The molecule has 7 aromatic rings. The molecule has 6 aromatic carbocycles. The van der Waals surface area contributed by atoms with Crippen molar-refractivity contribution in [3.05, 3.63) is 151 Å². The number of rotatable bonds is 4. The van der Waals surface area contributed by atoms with Crippen molar-refractivity contribution in [2.24, 2.45) is 0 Å². The Balaban J connectivity index is 1.35. The molecule has 0 atom stereocenters. The highest BCUT2D eigenvalue weighted by molar-refractivity contribution is 6.02. The average molecular weight is 552 g/mol. The Hall–Kier alpha value is -5.41. The minimum Gasteiger partial charge on any atom is -0.208 e. The Morgan fingerprint density at radius 3 is 1.65 bits per heavy atom. The lowest BCUT2D eigenvalue weighted by Crippen LogP contribution is -2.15. The molecule has 0 amide bonds. The minimum atomic E-state index is -0.188. The van der Waals surface area contributed by atoms with Crippen molar-refractivity contribution in [3.8, 4) is 56.4 Å². The van der Waals surface area contributed by atoms with Gasteiger partial charge < -0.3 is 0 Å². The summed E-state index contributed by atoms with van der Waals surface area (Å²) in [6.07, 6.45) is 0. The molecule has 1 aliphatic rings. The Morgan fingerprint density at radius 2 is 1.02 bits per heavy atom. The summed E-state index contributed by atoms with van der Waals surface area (Å²) in [6, 6.07) is 48.9. The number of nitrogens with zero attached hydrogens (tertiary/aromatic N) is 3. The average Bonchev–Trinajstić information content (AvgIpc) is 3.32. The highest BCUT2D eigenvalue weighted by Gasteiger charge is 2.38. The fourth-order valence-corrected chi connectivity index (χ4v) is 6.64. The van der Waals surface area contributed by atoms with Crippen molar-refractivity contribution in [3.63, 3.8) is 0 Å². The summed E-state index contributed by atoms with van der Waals surface area (Å²) in [5, 5.41) is 2.54. The molecule has 3 heteroatoms. The number of hydrogen-bond acceptors (Lipinski definition) is 3. The first kappa shape index (κ1) is 25.3. The normalized spacial score (nSPS) is 13.1. The summed E-state index contributed by atoms with van der Waals surface area (Å²) < 4.78 is 0. The van der Waals surface area contributed by atoms with E-state index in [4.69, 9.17) is 15.0 Å². The van der Waals surface area contributed by atoms with Crippen LogP contribution in [-0.4, -0.2) is 15.0 Å². The van der Waals surface area contributed by atoms with Gasteiger partial charge in [0.1, 0.15) is 0 Å². The van der Waals surface area contributed by atoms with Gasteiger partial charge >= 0.3 is 0 Å². The van der Waals surface area contributed by atoms with Crippen LogP contribution in [-0.2, 0) is 5.41 Å². The Kier molecular flexibility index (Phi) is 5.80. The van der Waals surface area contributed by atoms with Crippen LogP contribution in [0.5, 0.6) is 0 Å². The molecule has 0 spiro atoms. The SMILES string of the molecule is CC1(C)c2cccc(-c3nc(-c4ccccc4)nc(-c4ccccc4)n3)c2-c2ccc3cc(-c4ccccc4)ccc3c21. The maximum Gasteiger partial charge on any atom is 0.164 e. The van der Waals surface area contributed by atoms with Crippen LogP contribution in [0.15, 0.2) is 140 Å². The number of fused-ring (bicyclic) bond motifs is 5. The van der Waals surface area contributed by atoms with Crippen LogP contribution in [0.2, 0.25) is 0 Å². The molecule has 0 radical (unpaired) electrons. The van der Waals surface area contributed by atoms with Crippen molar-refractivity contribution in [2.75, 3.05) is 0 Å². The Labute approximate surface area is 251 Å². The van der Waals surface area contributed by atoms with Gasteiger partial charge in [-0.25, -0.2) is 15.0 Å². The maximum atomic E-state index is 5.08. The second-order valence-electron chi connectivity index (χ2n) is 11.7. The van der Waals surface area contributed by atoms with Crippen LogP contribution in [0.1, 0.15) is 25.0 Å².